The standard InChI is InChI=1S/C25H17NOS/c1-4-18-22(14-26)19-12-13-23(20-6-5-7-21(24(19)20)25(18)27)28-17-10-8-16(9-11-17)15(2)3/h1,5-13,15H,2-3H3. The number of rotatable bonds is 3. The first-order chi connectivity index (χ1) is 13.5. The molecule has 0 amide bonds. The van der Waals surface area contributed by atoms with Crippen LogP contribution in [0.5, 0.6) is 0 Å². The summed E-state index contributed by atoms with van der Waals surface area (Å²) in [6.45, 7) is 4.35. The molecule has 0 atom stereocenters. The van der Waals surface area contributed by atoms with Crippen molar-refractivity contribution >= 4 is 33.9 Å². The van der Waals surface area contributed by atoms with Crippen LogP contribution in [0.3, 0.4) is 0 Å². The minimum atomic E-state index is -0.249. The molecule has 3 aromatic rings. The molecule has 0 bridgehead atoms. The molecule has 134 valence electrons. The number of nitriles is 1. The van der Waals surface area contributed by atoms with Crippen molar-refractivity contribution in [1.82, 2.24) is 0 Å². The van der Waals surface area contributed by atoms with E-state index in [-0.39, 0.29) is 16.9 Å². The highest BCUT2D eigenvalue weighted by Gasteiger charge is 2.27. The number of allylic oxidation sites excluding steroid dienone is 2. The van der Waals surface area contributed by atoms with E-state index < -0.39 is 0 Å². The lowest BCUT2D eigenvalue weighted by atomic mass is 9.83. The van der Waals surface area contributed by atoms with E-state index in [1.54, 1.807) is 17.8 Å². The second kappa shape index (κ2) is 7.04. The van der Waals surface area contributed by atoms with Gasteiger partial charge in [0, 0.05) is 26.3 Å². The predicted molar refractivity (Wildman–Crippen MR) is 114 cm³/mol. The molecule has 0 spiro atoms. The van der Waals surface area contributed by atoms with Crippen LogP contribution in [0.25, 0.3) is 16.3 Å². The number of nitrogens with zero attached hydrogens (tertiary/aromatic N) is 1. The Morgan fingerprint density at radius 3 is 2.36 bits per heavy atom. The second-order valence-electron chi connectivity index (χ2n) is 7.00. The molecule has 0 heterocycles. The number of benzene rings is 3. The summed E-state index contributed by atoms with van der Waals surface area (Å²) in [6, 6.07) is 20.2. The van der Waals surface area contributed by atoms with E-state index >= 15 is 0 Å². The zero-order valence-electron chi connectivity index (χ0n) is 15.6. The Labute approximate surface area is 168 Å². The number of Topliss-reactive ketones (excluding diaryl/α,β-unsaturated/α-hetero) is 1. The average molecular weight is 379 g/mol. The lowest BCUT2D eigenvalue weighted by molar-refractivity contribution is 0.104. The molecule has 0 aromatic heterocycles. The Kier molecular flexibility index (Phi) is 4.55. The largest absolute Gasteiger partial charge is 0.288 e. The Morgan fingerprint density at radius 2 is 1.71 bits per heavy atom. The van der Waals surface area contributed by atoms with Crippen LogP contribution in [-0.2, 0) is 0 Å². The van der Waals surface area contributed by atoms with Crippen LogP contribution in [0.15, 0.2) is 70.0 Å². The summed E-state index contributed by atoms with van der Waals surface area (Å²) in [6.07, 6.45) is 5.53. The summed E-state index contributed by atoms with van der Waals surface area (Å²) in [5, 5.41) is 11.4. The van der Waals surface area contributed by atoms with E-state index in [2.05, 4.69) is 50.1 Å². The van der Waals surface area contributed by atoms with Crippen molar-refractivity contribution in [2.75, 3.05) is 0 Å². The zero-order valence-corrected chi connectivity index (χ0v) is 16.4. The first kappa shape index (κ1) is 18.1. The van der Waals surface area contributed by atoms with Crippen LogP contribution in [0.4, 0.5) is 0 Å². The van der Waals surface area contributed by atoms with E-state index in [4.69, 9.17) is 6.42 Å². The van der Waals surface area contributed by atoms with Crippen molar-refractivity contribution in [3.8, 4) is 18.4 Å². The SMILES string of the molecule is C#CC1=C(C#N)c2ccc(Sc3ccc(C(C)C)cc3)c3cccc(c23)C1=O. The smallest absolute Gasteiger partial charge is 0.203 e. The van der Waals surface area contributed by atoms with Crippen molar-refractivity contribution < 1.29 is 4.79 Å². The van der Waals surface area contributed by atoms with Crippen molar-refractivity contribution in [3.63, 3.8) is 0 Å². The Hall–Kier alpha value is -3.27. The van der Waals surface area contributed by atoms with Gasteiger partial charge in [0.1, 0.15) is 6.07 Å². The van der Waals surface area contributed by atoms with Gasteiger partial charge in [0.05, 0.1) is 11.1 Å². The van der Waals surface area contributed by atoms with E-state index in [1.165, 1.54) is 5.56 Å². The number of carbonyl (C=O) groups is 1. The summed E-state index contributed by atoms with van der Waals surface area (Å²) >= 11 is 1.66. The minimum Gasteiger partial charge on any atom is -0.288 e. The molecule has 1 aliphatic rings. The molecule has 0 N–H and O–H groups in total. The third-order valence-electron chi connectivity index (χ3n) is 5.02. The van der Waals surface area contributed by atoms with E-state index in [0.29, 0.717) is 11.5 Å². The van der Waals surface area contributed by atoms with Crippen LogP contribution in [0, 0.1) is 23.7 Å². The molecule has 4 rings (SSSR count). The maximum Gasteiger partial charge on any atom is 0.203 e. The normalized spacial score (nSPS) is 13.0. The van der Waals surface area contributed by atoms with Gasteiger partial charge in [-0.2, -0.15) is 5.26 Å². The maximum absolute atomic E-state index is 12.8. The summed E-state index contributed by atoms with van der Waals surface area (Å²) in [5.41, 5.74) is 3.04. The van der Waals surface area contributed by atoms with Crippen molar-refractivity contribution in [2.24, 2.45) is 0 Å². The number of terminal acetylenes is 1. The predicted octanol–water partition coefficient (Wildman–Crippen LogP) is 6.22. The quantitative estimate of drug-likeness (QED) is 0.507. The highest BCUT2D eigenvalue weighted by atomic mass is 32.2. The molecular formula is C25H17NOS. The molecule has 3 aromatic carbocycles. The third-order valence-corrected chi connectivity index (χ3v) is 6.11. The van der Waals surface area contributed by atoms with E-state index in [0.717, 1.165) is 26.1 Å². The lowest BCUT2D eigenvalue weighted by Crippen LogP contribution is -2.11. The van der Waals surface area contributed by atoms with Gasteiger partial charge in [0.2, 0.25) is 5.78 Å². The Balaban J connectivity index is 1.87. The van der Waals surface area contributed by atoms with Crippen LogP contribution < -0.4 is 0 Å². The molecule has 0 saturated carbocycles. The van der Waals surface area contributed by atoms with Gasteiger partial charge >= 0.3 is 0 Å². The fourth-order valence-corrected chi connectivity index (χ4v) is 4.49. The maximum atomic E-state index is 12.8. The molecule has 0 fully saturated rings. The molecular weight excluding hydrogens is 362 g/mol. The Morgan fingerprint density at radius 1 is 0.964 bits per heavy atom. The fourth-order valence-electron chi connectivity index (χ4n) is 3.55. The van der Waals surface area contributed by atoms with Crippen LogP contribution in [0.1, 0.15) is 41.3 Å². The van der Waals surface area contributed by atoms with E-state index in [1.807, 2.05) is 24.3 Å². The molecule has 1 aliphatic carbocycles. The first-order valence-corrected chi connectivity index (χ1v) is 9.86. The molecule has 28 heavy (non-hydrogen) atoms. The molecule has 0 saturated heterocycles. The molecule has 2 nitrogen and oxygen atoms in total. The number of hydrogen-bond acceptors (Lipinski definition) is 3. The van der Waals surface area contributed by atoms with Gasteiger partial charge < -0.3 is 0 Å². The third kappa shape index (κ3) is 2.82. The highest BCUT2D eigenvalue weighted by molar-refractivity contribution is 7.99. The van der Waals surface area contributed by atoms with Gasteiger partial charge in [-0.15, -0.1) is 6.42 Å². The average Bonchev–Trinajstić information content (AvgIpc) is 2.71. The fraction of sp³-hybridized carbons (Fsp3) is 0.120. The lowest BCUT2D eigenvalue weighted by Gasteiger charge is -2.19. The van der Waals surface area contributed by atoms with Crippen LogP contribution in [0.2, 0.25) is 0 Å². The summed E-state index contributed by atoms with van der Waals surface area (Å²) in [5.74, 6) is 2.65. The van der Waals surface area contributed by atoms with Gasteiger partial charge in [-0.3, -0.25) is 4.79 Å². The van der Waals surface area contributed by atoms with Crippen molar-refractivity contribution in [3.05, 3.63) is 76.9 Å². The monoisotopic (exact) mass is 379 g/mol. The Bertz CT molecular complexity index is 1230. The summed E-state index contributed by atoms with van der Waals surface area (Å²) < 4.78 is 0. The highest BCUT2D eigenvalue weighted by Crippen LogP contribution is 2.41. The second-order valence-corrected chi connectivity index (χ2v) is 8.12. The summed E-state index contributed by atoms with van der Waals surface area (Å²) in [4.78, 5) is 15.0. The van der Waals surface area contributed by atoms with Crippen LogP contribution >= 0.6 is 11.8 Å². The van der Waals surface area contributed by atoms with Crippen molar-refractivity contribution in [1.29, 1.82) is 5.26 Å². The summed E-state index contributed by atoms with van der Waals surface area (Å²) in [7, 11) is 0. The van der Waals surface area contributed by atoms with Gasteiger partial charge in [0.25, 0.3) is 0 Å². The number of carbonyl (C=O) groups excluding carboxylic acids is 1. The van der Waals surface area contributed by atoms with Gasteiger partial charge in [-0.25, -0.2) is 0 Å². The van der Waals surface area contributed by atoms with Gasteiger partial charge in [-0.05, 0) is 35.1 Å². The topological polar surface area (TPSA) is 40.9 Å². The zero-order chi connectivity index (χ0) is 19.8. The minimum absolute atomic E-state index is 0.146. The van der Waals surface area contributed by atoms with Gasteiger partial charge in [0.15, 0.2) is 0 Å². The molecule has 3 heteroatoms. The van der Waals surface area contributed by atoms with Crippen molar-refractivity contribution in [2.45, 2.75) is 29.6 Å². The molecule has 0 aliphatic heterocycles. The first-order valence-electron chi connectivity index (χ1n) is 9.04. The number of hydrogen-bond donors (Lipinski definition) is 0. The molecule has 0 radical (unpaired) electrons. The number of ketones is 1. The van der Waals surface area contributed by atoms with Crippen LogP contribution in [-0.4, -0.2) is 5.78 Å². The molecule has 0 unspecified atom stereocenters. The van der Waals surface area contributed by atoms with E-state index in [9.17, 15) is 10.1 Å². The van der Waals surface area contributed by atoms with Gasteiger partial charge in [-0.1, -0.05) is 67.9 Å².